The van der Waals surface area contributed by atoms with Gasteiger partial charge in [-0.3, -0.25) is 4.79 Å². The van der Waals surface area contributed by atoms with Crippen LogP contribution >= 0.6 is 0 Å². The van der Waals surface area contributed by atoms with Crippen LogP contribution in [-0.2, 0) is 4.79 Å². The molecule has 4 aliphatic rings. The summed E-state index contributed by atoms with van der Waals surface area (Å²) in [5, 5.41) is 3.24. The number of aryl methyl sites for hydroxylation is 2. The number of benzene rings is 2. The number of nitrogens with zero attached hydrogens (tertiary/aromatic N) is 1. The number of carbonyl (C=O) groups is 1. The van der Waals surface area contributed by atoms with Crippen LogP contribution in [0.25, 0.3) is 22.6 Å². The van der Waals surface area contributed by atoms with Crippen LogP contribution in [0.15, 0.2) is 40.8 Å². The van der Waals surface area contributed by atoms with Gasteiger partial charge in [0.05, 0.1) is 5.41 Å². The monoisotopic (exact) mass is 400 g/mol. The summed E-state index contributed by atoms with van der Waals surface area (Å²) in [5.74, 6) is 3.15. The molecule has 0 aliphatic heterocycles. The van der Waals surface area contributed by atoms with Crippen molar-refractivity contribution in [2.24, 2.45) is 23.2 Å². The minimum Gasteiger partial charge on any atom is -0.436 e. The average molecular weight is 401 g/mol. The summed E-state index contributed by atoms with van der Waals surface area (Å²) in [6.45, 7) is 4.14. The highest BCUT2D eigenvalue weighted by Gasteiger charge is 2.54. The fraction of sp³-hybridized carbons (Fsp3) is 0.462. The molecule has 0 saturated heterocycles. The predicted molar refractivity (Wildman–Crippen MR) is 118 cm³/mol. The fourth-order valence-corrected chi connectivity index (χ4v) is 6.74. The highest BCUT2D eigenvalue weighted by Crippen LogP contribution is 2.60. The van der Waals surface area contributed by atoms with Crippen LogP contribution in [0.2, 0.25) is 0 Å². The smallest absolute Gasteiger partial charge is 0.230 e. The lowest BCUT2D eigenvalue weighted by Gasteiger charge is -2.55. The third kappa shape index (κ3) is 2.88. The van der Waals surface area contributed by atoms with Crippen molar-refractivity contribution in [2.75, 3.05) is 5.32 Å². The lowest BCUT2D eigenvalue weighted by atomic mass is 9.49. The zero-order valence-corrected chi connectivity index (χ0v) is 17.7. The molecule has 0 spiro atoms. The summed E-state index contributed by atoms with van der Waals surface area (Å²) in [5.41, 5.74) is 5.56. The Labute approximate surface area is 177 Å². The maximum atomic E-state index is 13.4. The summed E-state index contributed by atoms with van der Waals surface area (Å²) in [6.07, 6.45) is 7.27. The number of hydrogen-bond acceptors (Lipinski definition) is 3. The zero-order valence-electron chi connectivity index (χ0n) is 17.7. The van der Waals surface area contributed by atoms with Gasteiger partial charge in [-0.1, -0.05) is 17.7 Å². The molecule has 4 nitrogen and oxygen atoms in total. The highest BCUT2D eigenvalue weighted by molar-refractivity contribution is 5.97. The molecule has 1 amide bonds. The van der Waals surface area contributed by atoms with Crippen molar-refractivity contribution in [3.8, 4) is 11.5 Å². The van der Waals surface area contributed by atoms with E-state index in [1.807, 2.05) is 18.2 Å². The number of rotatable bonds is 3. The molecular weight excluding hydrogens is 372 g/mol. The molecule has 154 valence electrons. The highest BCUT2D eigenvalue weighted by atomic mass is 16.3. The normalized spacial score (nSPS) is 29.5. The first-order valence-corrected chi connectivity index (χ1v) is 11.3. The van der Waals surface area contributed by atoms with E-state index >= 15 is 0 Å². The topological polar surface area (TPSA) is 55.1 Å². The second-order valence-corrected chi connectivity index (χ2v) is 10.2. The number of hydrogen-bond donors (Lipinski definition) is 1. The molecule has 1 heterocycles. The van der Waals surface area contributed by atoms with E-state index in [9.17, 15) is 4.79 Å². The minimum atomic E-state index is -0.141. The number of fused-ring (bicyclic) bond motifs is 1. The Hall–Kier alpha value is -2.62. The Bertz CT molecular complexity index is 1120. The molecular formula is C26H28N2O2. The van der Waals surface area contributed by atoms with Crippen molar-refractivity contribution in [3.63, 3.8) is 0 Å². The zero-order chi connectivity index (χ0) is 20.5. The number of nitrogens with one attached hydrogen (secondary N) is 1. The van der Waals surface area contributed by atoms with Crippen LogP contribution in [0.1, 0.15) is 49.7 Å². The van der Waals surface area contributed by atoms with Crippen LogP contribution in [0.4, 0.5) is 5.69 Å². The Morgan fingerprint density at radius 1 is 1.00 bits per heavy atom. The summed E-state index contributed by atoms with van der Waals surface area (Å²) in [4.78, 5) is 18.1. The number of aromatic nitrogens is 1. The van der Waals surface area contributed by atoms with Crippen molar-refractivity contribution in [1.29, 1.82) is 0 Å². The molecule has 0 atom stereocenters. The van der Waals surface area contributed by atoms with E-state index in [2.05, 4.69) is 37.4 Å². The molecule has 3 aromatic rings. The summed E-state index contributed by atoms with van der Waals surface area (Å²) in [7, 11) is 0. The van der Waals surface area contributed by atoms with Gasteiger partial charge in [-0.05, 0) is 100.0 Å². The first-order valence-electron chi connectivity index (χ1n) is 11.3. The van der Waals surface area contributed by atoms with Crippen molar-refractivity contribution in [3.05, 3.63) is 47.5 Å². The number of amides is 1. The van der Waals surface area contributed by atoms with Crippen LogP contribution in [0, 0.1) is 37.0 Å². The Balaban J connectivity index is 1.28. The van der Waals surface area contributed by atoms with Gasteiger partial charge in [0, 0.05) is 11.3 Å². The third-order valence-corrected chi connectivity index (χ3v) is 7.79. The van der Waals surface area contributed by atoms with E-state index in [0.717, 1.165) is 64.9 Å². The van der Waals surface area contributed by atoms with Crippen molar-refractivity contribution in [2.45, 2.75) is 52.4 Å². The van der Waals surface area contributed by atoms with Gasteiger partial charge in [0.1, 0.15) is 5.52 Å². The average Bonchev–Trinajstić information content (AvgIpc) is 3.12. The van der Waals surface area contributed by atoms with Gasteiger partial charge in [0.2, 0.25) is 11.8 Å². The Morgan fingerprint density at radius 2 is 1.70 bits per heavy atom. The van der Waals surface area contributed by atoms with Crippen LogP contribution in [0.5, 0.6) is 0 Å². The van der Waals surface area contributed by atoms with Gasteiger partial charge in [-0.15, -0.1) is 0 Å². The van der Waals surface area contributed by atoms with Crippen LogP contribution in [-0.4, -0.2) is 10.9 Å². The van der Waals surface area contributed by atoms with Crippen molar-refractivity contribution >= 4 is 22.7 Å². The SMILES string of the molecule is Cc1ccc(C)c(-c2nc3cc(NC(=O)C45CC6CC(CC(C6)C4)C5)ccc3o2)c1. The largest absolute Gasteiger partial charge is 0.436 e. The Morgan fingerprint density at radius 3 is 2.40 bits per heavy atom. The van der Waals surface area contributed by atoms with Crippen LogP contribution in [0.3, 0.4) is 0 Å². The third-order valence-electron chi connectivity index (χ3n) is 7.79. The van der Waals surface area contributed by atoms with E-state index in [1.165, 1.54) is 24.8 Å². The fourth-order valence-electron chi connectivity index (χ4n) is 6.74. The minimum absolute atomic E-state index is 0.141. The van der Waals surface area contributed by atoms with Gasteiger partial charge in [0.15, 0.2) is 5.58 Å². The van der Waals surface area contributed by atoms with Gasteiger partial charge in [-0.25, -0.2) is 4.98 Å². The lowest BCUT2D eigenvalue weighted by molar-refractivity contribution is -0.140. The van der Waals surface area contributed by atoms with E-state index < -0.39 is 0 Å². The van der Waals surface area contributed by atoms with Gasteiger partial charge < -0.3 is 9.73 Å². The first kappa shape index (κ1) is 18.2. The summed E-state index contributed by atoms with van der Waals surface area (Å²) < 4.78 is 6.03. The summed E-state index contributed by atoms with van der Waals surface area (Å²) in [6, 6.07) is 12.1. The molecule has 4 fully saturated rings. The predicted octanol–water partition coefficient (Wildman–Crippen LogP) is 6.27. The molecule has 1 N–H and O–H groups in total. The molecule has 1 aromatic heterocycles. The van der Waals surface area contributed by atoms with Gasteiger partial charge in [-0.2, -0.15) is 0 Å². The molecule has 4 bridgehead atoms. The second kappa shape index (κ2) is 6.44. The van der Waals surface area contributed by atoms with Crippen molar-refractivity contribution < 1.29 is 9.21 Å². The number of oxazole rings is 1. The van der Waals surface area contributed by atoms with Gasteiger partial charge in [0.25, 0.3) is 0 Å². The van der Waals surface area contributed by atoms with E-state index in [0.29, 0.717) is 5.89 Å². The maximum Gasteiger partial charge on any atom is 0.230 e. The molecule has 0 radical (unpaired) electrons. The molecule has 2 aromatic carbocycles. The van der Waals surface area contributed by atoms with Gasteiger partial charge >= 0.3 is 0 Å². The molecule has 30 heavy (non-hydrogen) atoms. The summed E-state index contributed by atoms with van der Waals surface area (Å²) >= 11 is 0. The number of carbonyl (C=O) groups excluding carboxylic acids is 1. The molecule has 7 rings (SSSR count). The quantitative estimate of drug-likeness (QED) is 0.564. The second-order valence-electron chi connectivity index (χ2n) is 10.2. The number of anilines is 1. The molecule has 4 heteroatoms. The first-order chi connectivity index (χ1) is 14.5. The Kier molecular flexibility index (Phi) is 3.90. The van der Waals surface area contributed by atoms with E-state index in [4.69, 9.17) is 9.40 Å². The standard InChI is InChI=1S/C26H28N2O2/c1-15-3-4-16(2)21(7-15)24-28-22-11-20(5-6-23(22)30-24)27-25(29)26-12-17-8-18(13-26)10-19(9-17)14-26/h3-7,11,17-19H,8-10,12-14H2,1-2H3,(H,27,29). The van der Waals surface area contributed by atoms with E-state index in [-0.39, 0.29) is 11.3 Å². The molecule has 4 saturated carbocycles. The lowest BCUT2D eigenvalue weighted by Crippen LogP contribution is -2.51. The molecule has 4 aliphatic carbocycles. The van der Waals surface area contributed by atoms with Crippen molar-refractivity contribution in [1.82, 2.24) is 4.98 Å². The molecule has 0 unspecified atom stereocenters. The maximum absolute atomic E-state index is 13.4. The van der Waals surface area contributed by atoms with Crippen LogP contribution < -0.4 is 5.32 Å². The van der Waals surface area contributed by atoms with E-state index in [1.54, 1.807) is 0 Å².